The van der Waals surface area contributed by atoms with Crippen molar-refractivity contribution in [2.24, 2.45) is 0 Å². The summed E-state index contributed by atoms with van der Waals surface area (Å²) in [6.07, 6.45) is 0. The summed E-state index contributed by atoms with van der Waals surface area (Å²) in [6.45, 7) is 6.88. The van der Waals surface area contributed by atoms with Gasteiger partial charge in [-0.1, -0.05) is 18.2 Å². The number of piperazine rings is 1. The summed E-state index contributed by atoms with van der Waals surface area (Å²) in [6, 6.07) is 7.77. The van der Waals surface area contributed by atoms with Crippen molar-refractivity contribution in [2.45, 2.75) is 19.9 Å². The molecule has 1 fully saturated rings. The normalized spacial score (nSPS) is 15.9. The lowest BCUT2D eigenvalue weighted by atomic mass is 10.2. The highest BCUT2D eigenvalue weighted by Gasteiger charge is 2.25. The van der Waals surface area contributed by atoms with E-state index in [4.69, 9.17) is 0 Å². The molecule has 2 amide bonds. The number of hydrogen-bond acceptors (Lipinski definition) is 4. The van der Waals surface area contributed by atoms with E-state index in [9.17, 15) is 9.59 Å². The second-order valence-electron chi connectivity index (χ2n) is 6.41. The van der Waals surface area contributed by atoms with E-state index in [-0.39, 0.29) is 17.9 Å². The Morgan fingerprint density at radius 3 is 2.62 bits per heavy atom. The van der Waals surface area contributed by atoms with Gasteiger partial charge in [0.05, 0.1) is 12.1 Å². The zero-order valence-electron chi connectivity index (χ0n) is 14.1. The van der Waals surface area contributed by atoms with Gasteiger partial charge in [0.1, 0.15) is 0 Å². The van der Waals surface area contributed by atoms with Gasteiger partial charge in [-0.15, -0.1) is 0 Å². The van der Waals surface area contributed by atoms with Gasteiger partial charge in [0.15, 0.2) is 5.69 Å². The maximum absolute atomic E-state index is 12.7. The number of rotatable bonds is 4. The Balaban J connectivity index is 1.58. The molecule has 3 rings (SSSR count). The fourth-order valence-corrected chi connectivity index (χ4v) is 2.96. The summed E-state index contributed by atoms with van der Waals surface area (Å²) in [5, 5.41) is 10.8. The van der Waals surface area contributed by atoms with Crippen LogP contribution in [0.15, 0.2) is 24.3 Å². The van der Waals surface area contributed by atoms with Crippen LogP contribution < -0.4 is 5.32 Å². The Morgan fingerprint density at radius 2 is 1.92 bits per heavy atom. The van der Waals surface area contributed by atoms with Crippen LogP contribution in [0.25, 0.3) is 10.9 Å². The lowest BCUT2D eigenvalue weighted by Gasteiger charge is -2.34. The Bertz CT molecular complexity index is 731. The first kappa shape index (κ1) is 16.4. The monoisotopic (exact) mass is 329 g/mol. The first-order chi connectivity index (χ1) is 11.5. The summed E-state index contributed by atoms with van der Waals surface area (Å²) >= 11 is 0. The molecular weight excluding hydrogens is 306 g/mol. The molecule has 1 aliphatic rings. The Hall–Kier alpha value is -2.41. The van der Waals surface area contributed by atoms with Crippen molar-refractivity contribution in [2.75, 3.05) is 32.7 Å². The van der Waals surface area contributed by atoms with Gasteiger partial charge in [0.25, 0.3) is 5.91 Å². The Kier molecular flexibility index (Phi) is 4.80. The molecule has 0 spiro atoms. The molecule has 2 heterocycles. The van der Waals surface area contributed by atoms with Crippen molar-refractivity contribution >= 4 is 22.7 Å². The first-order valence-electron chi connectivity index (χ1n) is 8.28. The number of amides is 2. The van der Waals surface area contributed by atoms with E-state index in [1.807, 2.05) is 38.1 Å². The fraction of sp³-hybridized carbons (Fsp3) is 0.471. The molecule has 7 heteroatoms. The van der Waals surface area contributed by atoms with Crippen LogP contribution in [0.3, 0.4) is 0 Å². The van der Waals surface area contributed by atoms with Crippen molar-refractivity contribution in [3.05, 3.63) is 30.0 Å². The van der Waals surface area contributed by atoms with Gasteiger partial charge in [-0.3, -0.25) is 19.6 Å². The summed E-state index contributed by atoms with van der Waals surface area (Å²) < 4.78 is 0. The van der Waals surface area contributed by atoms with Crippen molar-refractivity contribution in [3.63, 3.8) is 0 Å². The van der Waals surface area contributed by atoms with Crippen molar-refractivity contribution < 1.29 is 9.59 Å². The molecule has 7 nitrogen and oxygen atoms in total. The van der Waals surface area contributed by atoms with Gasteiger partial charge < -0.3 is 10.2 Å². The van der Waals surface area contributed by atoms with Crippen LogP contribution in [0.1, 0.15) is 24.3 Å². The minimum absolute atomic E-state index is 0.0306. The number of para-hydroxylation sites is 1. The number of H-pyrrole nitrogens is 1. The predicted octanol–water partition coefficient (Wildman–Crippen LogP) is 0.845. The highest BCUT2D eigenvalue weighted by atomic mass is 16.2. The van der Waals surface area contributed by atoms with Crippen LogP contribution in [-0.4, -0.2) is 70.6 Å². The SMILES string of the molecule is CC(C)NC(=O)CN1CCN(C(=O)c2n[nH]c3ccccc23)CC1. The highest BCUT2D eigenvalue weighted by molar-refractivity contribution is 6.04. The van der Waals surface area contributed by atoms with Crippen LogP contribution in [0.5, 0.6) is 0 Å². The third-order valence-electron chi connectivity index (χ3n) is 4.15. The minimum atomic E-state index is -0.0567. The lowest BCUT2D eigenvalue weighted by molar-refractivity contribution is -0.123. The molecule has 24 heavy (non-hydrogen) atoms. The van der Waals surface area contributed by atoms with Crippen LogP contribution in [0, 0.1) is 0 Å². The standard InChI is InChI=1S/C17H23N5O2/c1-12(2)18-15(23)11-21-7-9-22(10-8-21)17(24)16-13-5-3-4-6-14(13)19-20-16/h3-6,12H,7-11H2,1-2H3,(H,18,23)(H,19,20). The summed E-state index contributed by atoms with van der Waals surface area (Å²) in [7, 11) is 0. The molecule has 128 valence electrons. The second-order valence-corrected chi connectivity index (χ2v) is 6.41. The summed E-state index contributed by atoms with van der Waals surface area (Å²) in [4.78, 5) is 28.4. The number of carbonyl (C=O) groups is 2. The molecular formula is C17H23N5O2. The van der Waals surface area contributed by atoms with Gasteiger partial charge in [-0.25, -0.2) is 0 Å². The smallest absolute Gasteiger partial charge is 0.275 e. The third kappa shape index (κ3) is 3.56. The molecule has 0 bridgehead atoms. The molecule has 2 aromatic rings. The predicted molar refractivity (Wildman–Crippen MR) is 91.7 cm³/mol. The zero-order valence-corrected chi connectivity index (χ0v) is 14.1. The lowest BCUT2D eigenvalue weighted by Crippen LogP contribution is -2.51. The topological polar surface area (TPSA) is 81.3 Å². The van der Waals surface area contributed by atoms with Crippen LogP contribution in [0.4, 0.5) is 0 Å². The molecule has 0 unspecified atom stereocenters. The molecule has 0 radical (unpaired) electrons. The van der Waals surface area contributed by atoms with E-state index >= 15 is 0 Å². The van der Waals surface area contributed by atoms with Crippen LogP contribution in [0.2, 0.25) is 0 Å². The molecule has 1 aromatic heterocycles. The zero-order chi connectivity index (χ0) is 17.1. The van der Waals surface area contributed by atoms with Gasteiger partial charge >= 0.3 is 0 Å². The van der Waals surface area contributed by atoms with Gasteiger partial charge in [0.2, 0.25) is 5.91 Å². The molecule has 2 N–H and O–H groups in total. The second kappa shape index (κ2) is 7.00. The maximum Gasteiger partial charge on any atom is 0.275 e. The van der Waals surface area contributed by atoms with Gasteiger partial charge in [-0.2, -0.15) is 5.10 Å². The van der Waals surface area contributed by atoms with Crippen molar-refractivity contribution in [3.8, 4) is 0 Å². The number of benzene rings is 1. The van der Waals surface area contributed by atoms with E-state index in [1.165, 1.54) is 0 Å². The number of carbonyl (C=O) groups excluding carboxylic acids is 2. The van der Waals surface area contributed by atoms with Gasteiger partial charge in [-0.05, 0) is 19.9 Å². The highest BCUT2D eigenvalue weighted by Crippen LogP contribution is 2.17. The van der Waals surface area contributed by atoms with Crippen molar-refractivity contribution in [1.29, 1.82) is 0 Å². The third-order valence-corrected chi connectivity index (χ3v) is 4.15. The Morgan fingerprint density at radius 1 is 1.21 bits per heavy atom. The quantitative estimate of drug-likeness (QED) is 0.871. The van der Waals surface area contributed by atoms with E-state index < -0.39 is 0 Å². The first-order valence-corrected chi connectivity index (χ1v) is 8.28. The Labute approximate surface area is 141 Å². The van der Waals surface area contributed by atoms with Gasteiger partial charge in [0, 0.05) is 37.6 Å². The van der Waals surface area contributed by atoms with Crippen LogP contribution >= 0.6 is 0 Å². The van der Waals surface area contributed by atoms with E-state index in [0.29, 0.717) is 38.4 Å². The molecule has 1 aromatic carbocycles. The maximum atomic E-state index is 12.7. The molecule has 0 aliphatic carbocycles. The van der Waals surface area contributed by atoms with E-state index in [2.05, 4.69) is 20.4 Å². The fourth-order valence-electron chi connectivity index (χ4n) is 2.96. The number of nitrogens with zero attached hydrogens (tertiary/aromatic N) is 3. The number of aromatic nitrogens is 2. The summed E-state index contributed by atoms with van der Waals surface area (Å²) in [5.74, 6) is -0.0261. The molecule has 0 saturated carbocycles. The van der Waals surface area contributed by atoms with Crippen LogP contribution in [-0.2, 0) is 4.79 Å². The largest absolute Gasteiger partial charge is 0.353 e. The number of nitrogens with one attached hydrogen (secondary N) is 2. The molecule has 1 saturated heterocycles. The van der Waals surface area contributed by atoms with Crippen molar-refractivity contribution in [1.82, 2.24) is 25.3 Å². The van der Waals surface area contributed by atoms with E-state index in [0.717, 1.165) is 10.9 Å². The summed E-state index contributed by atoms with van der Waals surface area (Å²) in [5.41, 5.74) is 1.33. The van der Waals surface area contributed by atoms with E-state index in [1.54, 1.807) is 4.90 Å². The average molecular weight is 329 g/mol. The molecule has 0 atom stereocenters. The molecule has 1 aliphatic heterocycles. The number of aromatic amines is 1. The number of fused-ring (bicyclic) bond motifs is 1. The average Bonchev–Trinajstić information content (AvgIpc) is 2.98. The minimum Gasteiger partial charge on any atom is -0.353 e. The number of hydrogen-bond donors (Lipinski definition) is 2.